The van der Waals surface area contributed by atoms with Crippen molar-refractivity contribution in [3.8, 4) is 0 Å². The summed E-state index contributed by atoms with van der Waals surface area (Å²) in [5, 5.41) is 9.27. The fourth-order valence-corrected chi connectivity index (χ4v) is 2.62. The topological polar surface area (TPSA) is 50.2 Å². The Morgan fingerprint density at radius 3 is 2.79 bits per heavy atom. The van der Waals surface area contributed by atoms with Crippen molar-refractivity contribution in [2.45, 2.75) is 9.92 Å². The van der Waals surface area contributed by atoms with E-state index in [1.807, 2.05) is 0 Å². The van der Waals surface area contributed by atoms with Gasteiger partial charge in [0, 0.05) is 15.6 Å². The Labute approximate surface area is 125 Å². The Hall–Kier alpha value is -1.11. The molecule has 0 atom stereocenters. The lowest BCUT2D eigenvalue weighted by Gasteiger charge is -2.05. The van der Waals surface area contributed by atoms with E-state index in [2.05, 4.69) is 20.9 Å². The van der Waals surface area contributed by atoms with Gasteiger partial charge in [-0.15, -0.1) is 0 Å². The summed E-state index contributed by atoms with van der Waals surface area (Å²) in [6.45, 7) is 0. The summed E-state index contributed by atoms with van der Waals surface area (Å²) >= 11 is 9.91. The first-order valence-corrected chi connectivity index (χ1v) is 6.98. The second-order valence-electron chi connectivity index (χ2n) is 3.49. The molecule has 1 heterocycles. The first kappa shape index (κ1) is 14.3. The number of carboxylic acid groups (broad SMARTS) is 1. The second kappa shape index (κ2) is 5.90. The zero-order valence-electron chi connectivity index (χ0n) is 9.23. The van der Waals surface area contributed by atoms with Gasteiger partial charge in [0.1, 0.15) is 5.03 Å². The van der Waals surface area contributed by atoms with Crippen LogP contribution in [0.1, 0.15) is 10.4 Å². The van der Waals surface area contributed by atoms with Crippen molar-refractivity contribution in [1.29, 1.82) is 0 Å². The van der Waals surface area contributed by atoms with E-state index in [0.29, 0.717) is 9.37 Å². The molecule has 19 heavy (non-hydrogen) atoms. The molecule has 0 aliphatic carbocycles. The van der Waals surface area contributed by atoms with Crippen LogP contribution in [-0.4, -0.2) is 16.1 Å². The maximum Gasteiger partial charge on any atom is 0.337 e. The lowest BCUT2D eigenvalue weighted by Crippen LogP contribution is -1.97. The molecule has 0 saturated carbocycles. The van der Waals surface area contributed by atoms with Crippen molar-refractivity contribution >= 4 is 45.3 Å². The fraction of sp³-hybridized carbons (Fsp3) is 0. The molecule has 1 aromatic heterocycles. The molecule has 0 fully saturated rings. The van der Waals surface area contributed by atoms with Gasteiger partial charge in [-0.2, -0.15) is 0 Å². The zero-order valence-corrected chi connectivity index (χ0v) is 12.4. The molecule has 1 N–H and O–H groups in total. The van der Waals surface area contributed by atoms with Crippen molar-refractivity contribution in [2.75, 3.05) is 0 Å². The van der Waals surface area contributed by atoms with Gasteiger partial charge in [0.15, 0.2) is 5.82 Å². The normalized spacial score (nSPS) is 10.5. The Morgan fingerprint density at radius 2 is 2.16 bits per heavy atom. The van der Waals surface area contributed by atoms with Gasteiger partial charge in [-0.3, -0.25) is 0 Å². The predicted molar refractivity (Wildman–Crippen MR) is 74.4 cm³/mol. The molecule has 0 unspecified atom stereocenters. The predicted octanol–water partition coefficient (Wildman–Crippen LogP) is 4.49. The minimum atomic E-state index is -1.13. The summed E-state index contributed by atoms with van der Waals surface area (Å²) in [5.74, 6) is -1.61. The number of carboxylic acids is 1. The lowest BCUT2D eigenvalue weighted by atomic mass is 10.2. The van der Waals surface area contributed by atoms with Gasteiger partial charge in [-0.05, 0) is 40.2 Å². The number of rotatable bonds is 3. The number of hydrogen-bond acceptors (Lipinski definition) is 3. The van der Waals surface area contributed by atoms with Crippen LogP contribution >= 0.6 is 39.3 Å². The third kappa shape index (κ3) is 3.46. The highest BCUT2D eigenvalue weighted by Crippen LogP contribution is 2.31. The molecule has 0 amide bonds. The highest BCUT2D eigenvalue weighted by molar-refractivity contribution is 9.10. The fourth-order valence-electron chi connectivity index (χ4n) is 1.32. The van der Waals surface area contributed by atoms with Gasteiger partial charge >= 0.3 is 5.97 Å². The van der Waals surface area contributed by atoms with E-state index in [1.165, 1.54) is 24.4 Å². The Bertz CT molecular complexity index is 654. The van der Waals surface area contributed by atoms with Gasteiger partial charge in [0.2, 0.25) is 0 Å². The molecular formula is C12H6BrClFNO2S. The molecule has 98 valence electrons. The third-order valence-electron chi connectivity index (χ3n) is 2.16. The van der Waals surface area contributed by atoms with Crippen molar-refractivity contribution in [3.05, 3.63) is 51.3 Å². The Morgan fingerprint density at radius 1 is 1.42 bits per heavy atom. The average Bonchev–Trinajstić information content (AvgIpc) is 2.34. The molecule has 7 heteroatoms. The molecule has 2 rings (SSSR count). The van der Waals surface area contributed by atoms with E-state index in [-0.39, 0.29) is 15.6 Å². The standard InChI is InChI=1S/C12H6BrClFNO2S/c13-6-3-10(15)11(16-5-6)19-7-1-2-9(14)8(4-7)12(17)18/h1-5H,(H,17,18). The van der Waals surface area contributed by atoms with Crippen molar-refractivity contribution < 1.29 is 14.3 Å². The summed E-state index contributed by atoms with van der Waals surface area (Å²) in [6, 6.07) is 5.76. The van der Waals surface area contributed by atoms with E-state index in [9.17, 15) is 9.18 Å². The average molecular weight is 363 g/mol. The van der Waals surface area contributed by atoms with Crippen LogP contribution in [0, 0.1) is 5.82 Å². The molecule has 3 nitrogen and oxygen atoms in total. The van der Waals surface area contributed by atoms with Crippen LogP contribution in [0.5, 0.6) is 0 Å². The van der Waals surface area contributed by atoms with Crippen LogP contribution in [0.15, 0.2) is 44.9 Å². The van der Waals surface area contributed by atoms with Crippen LogP contribution in [0.2, 0.25) is 5.02 Å². The number of nitrogens with zero attached hydrogens (tertiary/aromatic N) is 1. The van der Waals surface area contributed by atoms with Gasteiger partial charge in [-0.25, -0.2) is 14.2 Å². The van der Waals surface area contributed by atoms with Crippen molar-refractivity contribution in [3.63, 3.8) is 0 Å². The first-order chi connectivity index (χ1) is 8.97. The SMILES string of the molecule is O=C(O)c1cc(Sc2ncc(Br)cc2F)ccc1Cl. The van der Waals surface area contributed by atoms with Gasteiger partial charge in [0.25, 0.3) is 0 Å². The van der Waals surface area contributed by atoms with E-state index in [1.54, 1.807) is 6.07 Å². The second-order valence-corrected chi connectivity index (χ2v) is 5.87. The summed E-state index contributed by atoms with van der Waals surface area (Å²) in [4.78, 5) is 15.4. The molecule has 2 aromatic rings. The number of benzene rings is 1. The Kier molecular flexibility index (Phi) is 4.44. The quantitative estimate of drug-likeness (QED) is 0.874. The van der Waals surface area contributed by atoms with E-state index >= 15 is 0 Å². The zero-order chi connectivity index (χ0) is 14.0. The molecule has 1 aromatic carbocycles. The van der Waals surface area contributed by atoms with Gasteiger partial charge in [-0.1, -0.05) is 23.4 Å². The smallest absolute Gasteiger partial charge is 0.337 e. The van der Waals surface area contributed by atoms with E-state index in [4.69, 9.17) is 16.7 Å². The lowest BCUT2D eigenvalue weighted by molar-refractivity contribution is 0.0697. The van der Waals surface area contributed by atoms with Crippen molar-refractivity contribution in [2.24, 2.45) is 0 Å². The van der Waals surface area contributed by atoms with Gasteiger partial charge < -0.3 is 5.11 Å². The highest BCUT2D eigenvalue weighted by Gasteiger charge is 2.12. The molecule has 0 saturated heterocycles. The Balaban J connectivity index is 2.33. The summed E-state index contributed by atoms with van der Waals surface area (Å²) in [5.41, 5.74) is -0.0239. The van der Waals surface area contributed by atoms with Crippen LogP contribution in [-0.2, 0) is 0 Å². The molecule has 0 aliphatic heterocycles. The maximum absolute atomic E-state index is 13.6. The maximum atomic E-state index is 13.6. The van der Waals surface area contributed by atoms with E-state index < -0.39 is 11.8 Å². The number of pyridine rings is 1. The van der Waals surface area contributed by atoms with Crippen LogP contribution < -0.4 is 0 Å². The molecular weight excluding hydrogens is 357 g/mol. The van der Waals surface area contributed by atoms with Crippen molar-refractivity contribution in [1.82, 2.24) is 4.98 Å². The van der Waals surface area contributed by atoms with Crippen LogP contribution in [0.3, 0.4) is 0 Å². The van der Waals surface area contributed by atoms with Gasteiger partial charge in [0.05, 0.1) is 10.6 Å². The molecule has 0 spiro atoms. The van der Waals surface area contributed by atoms with Crippen LogP contribution in [0.4, 0.5) is 4.39 Å². The first-order valence-electron chi connectivity index (χ1n) is 4.99. The minimum absolute atomic E-state index is 0.0239. The number of carbonyl (C=O) groups is 1. The number of halogens is 3. The minimum Gasteiger partial charge on any atom is -0.478 e. The summed E-state index contributed by atoms with van der Waals surface area (Å²) in [6.07, 6.45) is 1.47. The molecule has 0 aliphatic rings. The largest absolute Gasteiger partial charge is 0.478 e. The monoisotopic (exact) mass is 361 g/mol. The number of hydrogen-bond donors (Lipinski definition) is 1. The van der Waals surface area contributed by atoms with E-state index in [0.717, 1.165) is 11.8 Å². The summed E-state index contributed by atoms with van der Waals surface area (Å²) < 4.78 is 14.2. The number of aromatic nitrogens is 1. The molecule has 0 bridgehead atoms. The summed E-state index contributed by atoms with van der Waals surface area (Å²) in [7, 11) is 0. The number of aromatic carboxylic acids is 1. The van der Waals surface area contributed by atoms with Crippen LogP contribution in [0.25, 0.3) is 0 Å². The molecule has 0 radical (unpaired) electrons. The third-order valence-corrected chi connectivity index (χ3v) is 3.90. The highest BCUT2D eigenvalue weighted by atomic mass is 79.9.